The van der Waals surface area contributed by atoms with Crippen LogP contribution in [0.15, 0.2) is 192 Å². The first kappa shape index (κ1) is 36.2. The maximum absolute atomic E-state index is 7.80. The summed E-state index contributed by atoms with van der Waals surface area (Å²) in [6.07, 6.45) is 7.97. The Morgan fingerprint density at radius 2 is 1.14 bits per heavy atom. The quantitative estimate of drug-likeness (QED) is 0.137. The van der Waals surface area contributed by atoms with E-state index in [2.05, 4.69) is 140 Å². The Labute approximate surface area is 328 Å². The fourth-order valence-corrected chi connectivity index (χ4v) is 7.62. The van der Waals surface area contributed by atoms with Crippen LogP contribution in [0.4, 0.5) is 0 Å². The van der Waals surface area contributed by atoms with Gasteiger partial charge in [0.2, 0.25) is 0 Å². The molecule has 0 fully saturated rings. The summed E-state index contributed by atoms with van der Waals surface area (Å²) in [5.41, 5.74) is 18.3. The average Bonchev–Trinajstić information content (AvgIpc) is 3.66. The van der Waals surface area contributed by atoms with Crippen LogP contribution in [0.25, 0.3) is 65.8 Å². The number of aryl methyl sites for hydroxylation is 1. The van der Waals surface area contributed by atoms with Crippen LogP contribution in [0.5, 0.6) is 0 Å². The maximum atomic E-state index is 7.80. The van der Waals surface area contributed by atoms with Crippen LogP contribution in [0.1, 0.15) is 40.7 Å². The van der Waals surface area contributed by atoms with Crippen LogP contribution >= 0.6 is 0 Å². The standard InChI is InChI=1S/C33H23NO.C13H12.C7H9N/c34-20-27-5-3-7-32-33(27)30-19-26(16-17-31(30)35-32)22-10-8-21(9-11-22)25-15-14-24-13-12-23-4-1-2-6-28(23)29(24)18-25;1-11-7-5-6-10-13(11)12-8-3-2-4-9-12;8-6-7-4-2-1-3-5-7/h1-8,10,12-20,34H,9,11H2;2-10H,1H3;1-5H,6,8H2. The number of nitrogens with one attached hydrogen (secondary N) is 1. The van der Waals surface area contributed by atoms with E-state index in [0.29, 0.717) is 6.54 Å². The lowest BCUT2D eigenvalue weighted by Gasteiger charge is -2.16. The Bertz CT molecular complexity index is 2860. The molecule has 0 saturated heterocycles. The van der Waals surface area contributed by atoms with Gasteiger partial charge < -0.3 is 15.6 Å². The van der Waals surface area contributed by atoms with Gasteiger partial charge in [0, 0.05) is 29.1 Å². The molecule has 9 aromatic rings. The number of rotatable bonds is 5. The van der Waals surface area contributed by atoms with Crippen molar-refractivity contribution < 1.29 is 4.42 Å². The smallest absolute Gasteiger partial charge is 0.136 e. The second kappa shape index (κ2) is 16.7. The summed E-state index contributed by atoms with van der Waals surface area (Å²) in [6.45, 7) is 2.78. The Kier molecular flexibility index (Phi) is 10.8. The van der Waals surface area contributed by atoms with Gasteiger partial charge in [-0.1, -0.05) is 164 Å². The molecule has 0 bridgehead atoms. The van der Waals surface area contributed by atoms with Crippen molar-refractivity contribution in [3.63, 3.8) is 0 Å². The van der Waals surface area contributed by atoms with Crippen molar-refractivity contribution in [1.29, 1.82) is 5.41 Å². The summed E-state index contributed by atoms with van der Waals surface area (Å²) in [5, 5.41) is 15.1. The summed E-state index contributed by atoms with van der Waals surface area (Å²) in [6, 6.07) is 61.1. The highest BCUT2D eigenvalue weighted by Gasteiger charge is 2.15. The molecule has 272 valence electrons. The molecule has 1 aliphatic carbocycles. The van der Waals surface area contributed by atoms with E-state index in [4.69, 9.17) is 15.6 Å². The average molecular weight is 725 g/mol. The van der Waals surface area contributed by atoms with Gasteiger partial charge in [-0.15, -0.1) is 0 Å². The first-order valence-corrected chi connectivity index (χ1v) is 19.2. The molecule has 56 heavy (non-hydrogen) atoms. The summed E-state index contributed by atoms with van der Waals surface area (Å²) in [7, 11) is 0. The summed E-state index contributed by atoms with van der Waals surface area (Å²) in [4.78, 5) is 0. The van der Waals surface area contributed by atoms with Crippen LogP contribution in [0, 0.1) is 12.3 Å². The zero-order valence-corrected chi connectivity index (χ0v) is 31.6. The van der Waals surface area contributed by atoms with E-state index < -0.39 is 0 Å². The molecule has 1 aromatic heterocycles. The molecular formula is C53H44N2O. The summed E-state index contributed by atoms with van der Waals surface area (Å²) in [5.74, 6) is 0. The highest BCUT2D eigenvalue weighted by molar-refractivity contribution is 6.13. The minimum Gasteiger partial charge on any atom is -0.456 e. The Balaban J connectivity index is 0.000000171. The van der Waals surface area contributed by atoms with Crippen LogP contribution in [0.2, 0.25) is 0 Å². The molecule has 3 N–H and O–H groups in total. The van der Waals surface area contributed by atoms with Gasteiger partial charge in [0.15, 0.2) is 0 Å². The number of furan rings is 1. The molecular weight excluding hydrogens is 681 g/mol. The Morgan fingerprint density at radius 3 is 1.82 bits per heavy atom. The SMILES string of the molecule is Cc1ccccc1-c1ccccc1.N=Cc1cccc2oc3ccc(C4=CC=C(c5ccc6ccc7ccccc7c6c5)CC4)cc3c12.NCc1ccccc1. The summed E-state index contributed by atoms with van der Waals surface area (Å²) < 4.78 is 6.04. The van der Waals surface area contributed by atoms with Crippen molar-refractivity contribution in [2.24, 2.45) is 5.73 Å². The molecule has 3 heteroatoms. The van der Waals surface area contributed by atoms with Gasteiger partial charge >= 0.3 is 0 Å². The van der Waals surface area contributed by atoms with Crippen molar-refractivity contribution in [2.75, 3.05) is 0 Å². The largest absolute Gasteiger partial charge is 0.456 e. The summed E-state index contributed by atoms with van der Waals surface area (Å²) >= 11 is 0. The van der Waals surface area contributed by atoms with Crippen LogP contribution in [0.3, 0.4) is 0 Å². The lowest BCUT2D eigenvalue weighted by atomic mass is 9.88. The van der Waals surface area contributed by atoms with Gasteiger partial charge in [-0.05, 0) is 110 Å². The number of fused-ring (bicyclic) bond motifs is 6. The zero-order valence-electron chi connectivity index (χ0n) is 31.6. The van der Waals surface area contributed by atoms with E-state index in [1.54, 1.807) is 0 Å². The van der Waals surface area contributed by atoms with E-state index in [1.165, 1.54) is 72.3 Å². The van der Waals surface area contributed by atoms with E-state index in [9.17, 15) is 0 Å². The maximum Gasteiger partial charge on any atom is 0.136 e. The molecule has 1 heterocycles. The molecule has 0 saturated carbocycles. The highest BCUT2D eigenvalue weighted by atomic mass is 16.3. The van der Waals surface area contributed by atoms with Crippen LogP contribution in [-0.2, 0) is 6.54 Å². The molecule has 0 radical (unpaired) electrons. The van der Waals surface area contributed by atoms with Gasteiger partial charge in [0.1, 0.15) is 11.2 Å². The van der Waals surface area contributed by atoms with Gasteiger partial charge in [-0.2, -0.15) is 0 Å². The second-order valence-electron chi connectivity index (χ2n) is 14.2. The number of benzene rings is 8. The first-order valence-electron chi connectivity index (χ1n) is 19.2. The third-order valence-electron chi connectivity index (χ3n) is 10.6. The predicted octanol–water partition coefficient (Wildman–Crippen LogP) is 14.0. The monoisotopic (exact) mass is 724 g/mol. The van der Waals surface area contributed by atoms with Crippen LogP contribution in [-0.4, -0.2) is 6.21 Å². The van der Waals surface area contributed by atoms with Gasteiger partial charge in [0.25, 0.3) is 0 Å². The molecule has 0 spiro atoms. The van der Waals surface area contributed by atoms with Crippen molar-refractivity contribution in [2.45, 2.75) is 26.3 Å². The third kappa shape index (κ3) is 7.72. The highest BCUT2D eigenvalue weighted by Crippen LogP contribution is 2.37. The van der Waals surface area contributed by atoms with Gasteiger partial charge in [0.05, 0.1) is 0 Å². The first-order chi connectivity index (χ1) is 27.6. The lowest BCUT2D eigenvalue weighted by molar-refractivity contribution is 0.669. The zero-order chi connectivity index (χ0) is 38.3. The molecule has 0 unspecified atom stereocenters. The van der Waals surface area contributed by atoms with Crippen molar-refractivity contribution >= 4 is 60.8 Å². The molecule has 1 aliphatic rings. The topological polar surface area (TPSA) is 63.0 Å². The number of nitrogens with two attached hydrogens (primary N) is 1. The minimum absolute atomic E-state index is 0.640. The second-order valence-corrected chi connectivity index (χ2v) is 14.2. The number of hydrogen-bond donors (Lipinski definition) is 2. The number of hydrogen-bond acceptors (Lipinski definition) is 3. The molecule has 0 amide bonds. The third-order valence-corrected chi connectivity index (χ3v) is 10.6. The minimum atomic E-state index is 0.640. The van der Waals surface area contributed by atoms with Crippen molar-refractivity contribution in [3.8, 4) is 11.1 Å². The van der Waals surface area contributed by atoms with Crippen molar-refractivity contribution in [3.05, 3.63) is 216 Å². The van der Waals surface area contributed by atoms with Crippen LogP contribution < -0.4 is 5.73 Å². The van der Waals surface area contributed by atoms with Crippen molar-refractivity contribution in [1.82, 2.24) is 0 Å². The molecule has 0 aliphatic heterocycles. The van der Waals surface area contributed by atoms with E-state index in [0.717, 1.165) is 40.3 Å². The van der Waals surface area contributed by atoms with E-state index in [1.807, 2.05) is 54.6 Å². The van der Waals surface area contributed by atoms with Gasteiger partial charge in [-0.3, -0.25) is 0 Å². The molecule has 10 rings (SSSR count). The number of allylic oxidation sites excluding steroid dienone is 4. The van der Waals surface area contributed by atoms with E-state index in [-0.39, 0.29) is 0 Å². The fraction of sp³-hybridized carbons (Fsp3) is 0.0755. The normalized spacial score (nSPS) is 12.3. The van der Waals surface area contributed by atoms with E-state index >= 15 is 0 Å². The molecule has 3 nitrogen and oxygen atoms in total. The Hall–Kier alpha value is -6.81. The van der Waals surface area contributed by atoms with Gasteiger partial charge in [-0.25, -0.2) is 0 Å². The predicted molar refractivity (Wildman–Crippen MR) is 239 cm³/mol. The molecule has 0 atom stereocenters. The fourth-order valence-electron chi connectivity index (χ4n) is 7.62. The molecule has 8 aromatic carbocycles. The Morgan fingerprint density at radius 1 is 0.536 bits per heavy atom. The lowest BCUT2D eigenvalue weighted by Crippen LogP contribution is -1.94.